The lowest BCUT2D eigenvalue weighted by Crippen LogP contribution is -2.38. The number of fused-ring (bicyclic) bond motifs is 1. The Morgan fingerprint density at radius 2 is 2.07 bits per heavy atom. The number of aliphatic imine (C=N–C) groups is 1. The molecule has 0 saturated heterocycles. The number of nitrogens with one attached hydrogen (secondary N) is 1. The summed E-state index contributed by atoms with van der Waals surface area (Å²) < 4.78 is 3.41. The van der Waals surface area contributed by atoms with Gasteiger partial charge in [-0.1, -0.05) is 12.1 Å². The summed E-state index contributed by atoms with van der Waals surface area (Å²) in [5.41, 5.74) is 2.37. The molecule has 5 nitrogen and oxygen atoms in total. The second-order valence-corrected chi connectivity index (χ2v) is 7.50. The Morgan fingerprint density at radius 3 is 2.78 bits per heavy atom. The number of halogens is 1. The molecular weight excluding hydrogens is 469 g/mol. The van der Waals surface area contributed by atoms with Gasteiger partial charge in [-0.25, -0.2) is 4.98 Å². The van der Waals surface area contributed by atoms with Gasteiger partial charge >= 0.3 is 0 Å². The van der Waals surface area contributed by atoms with Crippen molar-refractivity contribution in [2.75, 3.05) is 20.1 Å². The first-order valence-corrected chi connectivity index (χ1v) is 9.93. The summed E-state index contributed by atoms with van der Waals surface area (Å²) in [5, 5.41) is 4.59. The molecule has 146 valence electrons. The van der Waals surface area contributed by atoms with Crippen LogP contribution >= 0.6 is 35.3 Å². The molecule has 27 heavy (non-hydrogen) atoms. The zero-order valence-electron chi connectivity index (χ0n) is 16.2. The summed E-state index contributed by atoms with van der Waals surface area (Å²) in [6, 6.07) is 12.5. The summed E-state index contributed by atoms with van der Waals surface area (Å²) in [6.07, 6.45) is 4.06. The third-order valence-electron chi connectivity index (χ3n) is 4.30. The quantitative estimate of drug-likeness (QED) is 0.229. The Morgan fingerprint density at radius 1 is 1.26 bits per heavy atom. The highest BCUT2D eigenvalue weighted by Crippen LogP contribution is 2.22. The number of hydrogen-bond acceptors (Lipinski definition) is 3. The van der Waals surface area contributed by atoms with Crippen LogP contribution in [0, 0.1) is 0 Å². The molecular formula is C20H28IN5S. The van der Waals surface area contributed by atoms with E-state index in [-0.39, 0.29) is 24.0 Å². The fraction of sp³-hybridized carbons (Fsp3) is 0.400. The van der Waals surface area contributed by atoms with Crippen molar-refractivity contribution in [3.8, 4) is 0 Å². The van der Waals surface area contributed by atoms with Crippen molar-refractivity contribution in [1.29, 1.82) is 0 Å². The van der Waals surface area contributed by atoms with Crippen LogP contribution in [0.15, 0.2) is 47.6 Å². The van der Waals surface area contributed by atoms with Crippen LogP contribution in [0.5, 0.6) is 0 Å². The summed E-state index contributed by atoms with van der Waals surface area (Å²) in [5.74, 6) is 0.956. The molecule has 3 aromatic rings. The molecule has 1 N–H and O–H groups in total. The molecule has 2 heterocycles. The predicted molar refractivity (Wildman–Crippen MR) is 126 cm³/mol. The van der Waals surface area contributed by atoms with Crippen molar-refractivity contribution in [2.24, 2.45) is 12.0 Å². The minimum atomic E-state index is 0. The molecule has 2 aromatic heterocycles. The third-order valence-corrected chi connectivity index (χ3v) is 5.39. The van der Waals surface area contributed by atoms with Crippen molar-refractivity contribution >= 4 is 51.5 Å². The molecule has 0 unspecified atom stereocenters. The summed E-state index contributed by atoms with van der Waals surface area (Å²) >= 11 is 1.79. The van der Waals surface area contributed by atoms with E-state index in [0.717, 1.165) is 44.0 Å². The van der Waals surface area contributed by atoms with Crippen molar-refractivity contribution in [3.63, 3.8) is 0 Å². The molecule has 3 rings (SSSR count). The second-order valence-electron chi connectivity index (χ2n) is 6.38. The summed E-state index contributed by atoms with van der Waals surface area (Å²) in [4.78, 5) is 11.7. The number of rotatable bonds is 7. The molecule has 7 heteroatoms. The summed E-state index contributed by atoms with van der Waals surface area (Å²) in [6.45, 7) is 4.62. The fourth-order valence-corrected chi connectivity index (χ4v) is 3.90. The van der Waals surface area contributed by atoms with E-state index in [4.69, 9.17) is 9.98 Å². The zero-order chi connectivity index (χ0) is 18.4. The number of para-hydroxylation sites is 1. The third kappa shape index (κ3) is 5.93. The first kappa shape index (κ1) is 21.7. The van der Waals surface area contributed by atoms with Crippen LogP contribution in [-0.4, -0.2) is 40.5 Å². The lowest BCUT2D eigenvalue weighted by Gasteiger charge is -2.22. The lowest BCUT2D eigenvalue weighted by molar-refractivity contribution is 0.461. The predicted octanol–water partition coefficient (Wildman–Crippen LogP) is 4.28. The molecule has 0 spiro atoms. The molecule has 0 fully saturated rings. The van der Waals surface area contributed by atoms with Crippen LogP contribution in [0.3, 0.4) is 0 Å². The van der Waals surface area contributed by atoms with E-state index in [1.54, 1.807) is 11.3 Å². The van der Waals surface area contributed by atoms with Crippen molar-refractivity contribution in [3.05, 3.63) is 53.3 Å². The van der Waals surface area contributed by atoms with Gasteiger partial charge in [0.15, 0.2) is 5.96 Å². The lowest BCUT2D eigenvalue weighted by atomic mass is 10.3. The van der Waals surface area contributed by atoms with Gasteiger partial charge in [-0.05, 0) is 37.6 Å². The minimum Gasteiger partial charge on any atom is -0.357 e. The van der Waals surface area contributed by atoms with Gasteiger partial charge < -0.3 is 14.8 Å². The van der Waals surface area contributed by atoms with E-state index in [0.29, 0.717) is 0 Å². The number of thiazole rings is 1. The molecule has 0 bridgehead atoms. The molecule has 0 amide bonds. The normalized spacial score (nSPS) is 11.4. The maximum atomic E-state index is 4.79. The molecule has 0 atom stereocenters. The smallest absolute Gasteiger partial charge is 0.194 e. The average Bonchev–Trinajstić information content (AvgIpc) is 3.23. The maximum Gasteiger partial charge on any atom is 0.194 e. The van der Waals surface area contributed by atoms with Gasteiger partial charge in [-0.3, -0.25) is 4.99 Å². The van der Waals surface area contributed by atoms with Gasteiger partial charge in [0.1, 0.15) is 0 Å². The molecule has 0 aliphatic heterocycles. The first-order valence-electron chi connectivity index (χ1n) is 9.11. The number of hydrogen-bond donors (Lipinski definition) is 1. The number of guanidine groups is 1. The van der Waals surface area contributed by atoms with Crippen LogP contribution < -0.4 is 5.32 Å². The monoisotopic (exact) mass is 497 g/mol. The Labute approximate surface area is 182 Å². The van der Waals surface area contributed by atoms with Gasteiger partial charge in [-0.15, -0.1) is 35.3 Å². The number of benzene rings is 1. The highest BCUT2D eigenvalue weighted by molar-refractivity contribution is 14.0. The topological polar surface area (TPSA) is 45.5 Å². The molecule has 1 aromatic carbocycles. The first-order chi connectivity index (χ1) is 12.7. The average molecular weight is 497 g/mol. The molecule has 0 radical (unpaired) electrons. The van der Waals surface area contributed by atoms with E-state index in [1.165, 1.54) is 15.4 Å². The highest BCUT2D eigenvalue weighted by atomic mass is 127. The van der Waals surface area contributed by atoms with Crippen molar-refractivity contribution in [1.82, 2.24) is 19.8 Å². The van der Waals surface area contributed by atoms with Crippen molar-refractivity contribution in [2.45, 2.75) is 26.3 Å². The van der Waals surface area contributed by atoms with Crippen LogP contribution in [0.1, 0.15) is 24.0 Å². The van der Waals surface area contributed by atoms with Crippen LogP contribution in [0.25, 0.3) is 10.2 Å². The number of aryl methyl sites for hydroxylation is 2. The zero-order valence-corrected chi connectivity index (χ0v) is 19.3. The van der Waals surface area contributed by atoms with Gasteiger partial charge in [0.25, 0.3) is 0 Å². The molecule has 0 aliphatic rings. The Balaban J connectivity index is 0.00000261. The van der Waals surface area contributed by atoms with E-state index in [2.05, 4.69) is 72.3 Å². The van der Waals surface area contributed by atoms with E-state index in [1.807, 2.05) is 6.07 Å². The molecule has 0 aliphatic carbocycles. The van der Waals surface area contributed by atoms with Crippen molar-refractivity contribution < 1.29 is 0 Å². The van der Waals surface area contributed by atoms with Gasteiger partial charge in [0, 0.05) is 45.5 Å². The van der Waals surface area contributed by atoms with E-state index in [9.17, 15) is 0 Å². The Hall–Kier alpha value is -1.61. The maximum absolute atomic E-state index is 4.79. The SMILES string of the molecule is CCNC(=NCCCc1nc2ccccc2s1)N(C)Cc1cccn1C.I. The van der Waals surface area contributed by atoms with E-state index < -0.39 is 0 Å². The van der Waals surface area contributed by atoms with Crippen LogP contribution in [0.4, 0.5) is 0 Å². The highest BCUT2D eigenvalue weighted by Gasteiger charge is 2.08. The van der Waals surface area contributed by atoms with Gasteiger partial charge in [-0.2, -0.15) is 0 Å². The standard InChI is InChI=1S/C20H27N5S.HI/c1-4-21-20(25(3)15-16-9-8-14-24(16)2)22-13-7-12-19-23-17-10-5-6-11-18(17)26-19;/h5-6,8-11,14H,4,7,12-13,15H2,1-3H3,(H,21,22);1H. The van der Waals surface area contributed by atoms with Crippen LogP contribution in [-0.2, 0) is 20.0 Å². The number of aromatic nitrogens is 2. The molecule has 0 saturated carbocycles. The Kier molecular flexibility index (Phi) is 8.56. The fourth-order valence-electron chi connectivity index (χ4n) is 2.89. The Bertz CT molecular complexity index is 837. The van der Waals surface area contributed by atoms with E-state index >= 15 is 0 Å². The summed E-state index contributed by atoms with van der Waals surface area (Å²) in [7, 11) is 4.16. The van der Waals surface area contributed by atoms with Gasteiger partial charge in [0.2, 0.25) is 0 Å². The second kappa shape index (κ2) is 10.7. The largest absolute Gasteiger partial charge is 0.357 e. The van der Waals surface area contributed by atoms with Gasteiger partial charge in [0.05, 0.1) is 21.8 Å². The van der Waals surface area contributed by atoms with Crippen LogP contribution in [0.2, 0.25) is 0 Å². The number of nitrogens with zero attached hydrogens (tertiary/aromatic N) is 4. The minimum absolute atomic E-state index is 0.